The van der Waals surface area contributed by atoms with Crippen LogP contribution < -0.4 is 4.89 Å². The quantitative estimate of drug-likeness (QED) is 0.0362. The molecular weight excluding hydrogens is 521 g/mol. The Morgan fingerprint density at radius 1 is 0.700 bits per heavy atom. The second kappa shape index (κ2) is 26.4. The minimum atomic E-state index is -3.99. The Labute approximate surface area is 249 Å². The van der Waals surface area contributed by atoms with Crippen molar-refractivity contribution in [3.8, 4) is 0 Å². The summed E-state index contributed by atoms with van der Waals surface area (Å²) in [4.78, 5) is 12.6. The molecule has 7 heteroatoms. The molecule has 0 N–H and O–H groups in total. The molecule has 0 bridgehead atoms. The van der Waals surface area contributed by atoms with E-state index in [-0.39, 0.29) is 12.7 Å². The fraction of sp³-hybridized carbons (Fsp3) is 0.939. The lowest BCUT2D eigenvalue weighted by molar-refractivity contribution is -0.884. The van der Waals surface area contributed by atoms with Gasteiger partial charge in [0, 0.05) is 20.1 Å². The minimum Gasteiger partial charge on any atom is -0.774 e. The predicted molar refractivity (Wildman–Crippen MR) is 170 cm³/mol. The fourth-order valence-electron chi connectivity index (χ4n) is 5.20. The van der Waals surface area contributed by atoms with Crippen molar-refractivity contribution in [2.45, 2.75) is 154 Å². The molecule has 6 nitrogen and oxygen atoms in total. The third-order valence-electron chi connectivity index (χ3n) is 7.75. The van der Waals surface area contributed by atoms with Gasteiger partial charge in [0.25, 0.3) is 0 Å². The summed E-state index contributed by atoms with van der Waals surface area (Å²) in [6.07, 6.45) is 30.2. The molecule has 0 aliphatic carbocycles. The van der Waals surface area contributed by atoms with Crippen LogP contribution in [0.25, 0.3) is 0 Å². The Hall–Kier alpha value is -0.230. The maximum absolute atomic E-state index is 12.6. The maximum atomic E-state index is 12.6. The lowest BCUT2D eigenvalue weighted by Gasteiger charge is -2.41. The topological polar surface area (TPSA) is 67.8 Å². The molecule has 0 saturated carbocycles. The first-order chi connectivity index (χ1) is 19.2. The summed E-state index contributed by atoms with van der Waals surface area (Å²) in [6, 6.07) is 0. The predicted octanol–water partition coefficient (Wildman–Crippen LogP) is 9.02. The Morgan fingerprint density at radius 2 is 1.15 bits per heavy atom. The molecule has 3 atom stereocenters. The van der Waals surface area contributed by atoms with Gasteiger partial charge in [-0.15, -0.1) is 0 Å². The van der Waals surface area contributed by atoms with Crippen molar-refractivity contribution >= 4 is 7.60 Å². The molecule has 0 amide bonds. The van der Waals surface area contributed by atoms with Gasteiger partial charge < -0.3 is 27.9 Å². The largest absolute Gasteiger partial charge is 0.774 e. The fourth-order valence-corrected chi connectivity index (χ4v) is 7.05. The molecule has 2 unspecified atom stereocenters. The molecule has 0 rings (SSSR count). The van der Waals surface area contributed by atoms with Gasteiger partial charge >= 0.3 is 0 Å². The smallest absolute Gasteiger partial charge is 0.193 e. The van der Waals surface area contributed by atoms with Crippen LogP contribution in [0.5, 0.6) is 0 Å². The normalized spacial score (nSPS) is 15.5. The zero-order chi connectivity index (χ0) is 30.0. The highest BCUT2D eigenvalue weighted by molar-refractivity contribution is 7.51. The van der Waals surface area contributed by atoms with Crippen LogP contribution in [0.1, 0.15) is 142 Å². The molecule has 0 radical (unpaired) electrons. The highest BCUT2D eigenvalue weighted by atomic mass is 31.2. The van der Waals surface area contributed by atoms with Crippen LogP contribution in [0.15, 0.2) is 12.2 Å². The summed E-state index contributed by atoms with van der Waals surface area (Å²) in [5.41, 5.74) is 0. The first kappa shape index (κ1) is 39.8. The van der Waals surface area contributed by atoms with E-state index < -0.39 is 13.4 Å². The van der Waals surface area contributed by atoms with Crippen molar-refractivity contribution in [2.24, 2.45) is 0 Å². The van der Waals surface area contributed by atoms with Crippen LogP contribution in [-0.2, 0) is 18.6 Å². The zero-order valence-corrected chi connectivity index (χ0v) is 28.4. The van der Waals surface area contributed by atoms with Gasteiger partial charge in [0.15, 0.2) is 13.4 Å². The van der Waals surface area contributed by atoms with Crippen molar-refractivity contribution < 1.29 is 27.9 Å². The molecule has 0 spiro atoms. The Morgan fingerprint density at radius 3 is 1.57 bits per heavy atom. The summed E-state index contributed by atoms with van der Waals surface area (Å²) < 4.78 is 29.4. The lowest BCUT2D eigenvalue weighted by Crippen LogP contribution is -2.47. The number of methoxy groups -OCH3 is 1. The molecule has 0 aromatic carbocycles. The van der Waals surface area contributed by atoms with Gasteiger partial charge in [0.05, 0.1) is 34.4 Å². The van der Waals surface area contributed by atoms with Crippen molar-refractivity contribution in [1.82, 2.24) is 0 Å². The van der Waals surface area contributed by atoms with Gasteiger partial charge in [-0.2, -0.15) is 0 Å². The number of ether oxygens (including phenoxy) is 2. The average Bonchev–Trinajstić information content (AvgIpc) is 2.90. The molecule has 0 aromatic heterocycles. The molecule has 240 valence electrons. The van der Waals surface area contributed by atoms with Crippen LogP contribution in [0.3, 0.4) is 0 Å². The number of allylic oxidation sites excluding steroid dienone is 2. The van der Waals surface area contributed by atoms with Crippen LogP contribution in [0.4, 0.5) is 0 Å². The molecule has 40 heavy (non-hydrogen) atoms. The van der Waals surface area contributed by atoms with Crippen molar-refractivity contribution in [2.75, 3.05) is 48.1 Å². The van der Waals surface area contributed by atoms with Gasteiger partial charge in [-0.05, 0) is 32.1 Å². The molecule has 0 heterocycles. The van der Waals surface area contributed by atoms with Gasteiger partial charge in [-0.1, -0.05) is 116 Å². The van der Waals surface area contributed by atoms with Crippen LogP contribution in [0.2, 0.25) is 0 Å². The van der Waals surface area contributed by atoms with E-state index in [4.69, 9.17) is 14.0 Å². The Kier molecular flexibility index (Phi) is 26.2. The number of quaternary nitrogens is 1. The van der Waals surface area contributed by atoms with Crippen molar-refractivity contribution in [3.63, 3.8) is 0 Å². The number of hydrogen-bond acceptors (Lipinski definition) is 5. The highest BCUT2D eigenvalue weighted by Crippen LogP contribution is 2.47. The number of nitrogens with zero attached hydrogens (tertiary/aromatic N) is 1. The average molecular weight is 590 g/mol. The molecule has 0 aliphatic rings. The number of unbranched alkanes of at least 4 members (excludes halogenated alkanes) is 17. The van der Waals surface area contributed by atoms with E-state index in [1.807, 2.05) is 28.1 Å². The number of hydrogen-bond donors (Lipinski definition) is 0. The molecule has 0 aromatic rings. The van der Waals surface area contributed by atoms with Gasteiger partial charge in [-0.3, -0.25) is 0 Å². The summed E-state index contributed by atoms with van der Waals surface area (Å²) >= 11 is 0. The van der Waals surface area contributed by atoms with Crippen LogP contribution >= 0.6 is 7.60 Å². The van der Waals surface area contributed by atoms with E-state index in [0.29, 0.717) is 24.1 Å². The maximum Gasteiger partial charge on any atom is 0.193 e. The molecule has 0 aliphatic heterocycles. The Balaban J connectivity index is 3.56. The van der Waals surface area contributed by atoms with Gasteiger partial charge in [-0.25, -0.2) is 0 Å². The van der Waals surface area contributed by atoms with E-state index >= 15 is 0 Å². The summed E-state index contributed by atoms with van der Waals surface area (Å²) in [6.45, 7) is 5.19. The van der Waals surface area contributed by atoms with E-state index in [1.165, 1.54) is 116 Å². The van der Waals surface area contributed by atoms with Crippen LogP contribution in [0, 0.1) is 0 Å². The molecule has 0 fully saturated rings. The van der Waals surface area contributed by atoms with E-state index in [2.05, 4.69) is 19.1 Å². The van der Waals surface area contributed by atoms with Crippen LogP contribution in [-0.4, -0.2) is 64.4 Å². The first-order valence-corrected chi connectivity index (χ1v) is 18.3. The second-order valence-electron chi connectivity index (χ2n) is 12.5. The van der Waals surface area contributed by atoms with Crippen molar-refractivity contribution in [3.05, 3.63) is 12.2 Å². The summed E-state index contributed by atoms with van der Waals surface area (Å²) in [5.74, 6) is -0.568. The summed E-state index contributed by atoms with van der Waals surface area (Å²) in [7, 11) is 3.19. The number of rotatable bonds is 30. The van der Waals surface area contributed by atoms with Gasteiger partial charge in [0.2, 0.25) is 0 Å². The molecule has 0 saturated heterocycles. The highest BCUT2D eigenvalue weighted by Gasteiger charge is 2.34. The van der Waals surface area contributed by atoms with E-state index in [1.54, 1.807) is 7.11 Å². The third kappa shape index (κ3) is 23.3. The SMILES string of the molecule is CCCCCCCCCCCC/C=C\CCCCCCCCCOC[C@H](COP(=O)([O-])C(CC)[N+](C)(C)C)OC. The zero-order valence-electron chi connectivity index (χ0n) is 27.5. The standard InChI is InChI=1S/C33H68NO5P/c1-7-9-10-11-12-13-14-15-16-17-18-19-20-21-22-23-24-25-26-27-28-29-38-30-32(37-6)31-39-40(35,36)33(8-2)34(3,4)5/h19-20,32-33H,7-18,21-31H2,1-6H3/b20-19-/t32-,33?/m1/s1. The van der Waals surface area contributed by atoms with Crippen molar-refractivity contribution in [1.29, 1.82) is 0 Å². The van der Waals surface area contributed by atoms with Gasteiger partial charge in [0.1, 0.15) is 6.10 Å². The van der Waals surface area contributed by atoms with E-state index in [9.17, 15) is 9.46 Å². The lowest BCUT2D eigenvalue weighted by atomic mass is 10.1. The monoisotopic (exact) mass is 589 g/mol. The van der Waals surface area contributed by atoms with E-state index in [0.717, 1.165) is 6.42 Å². The Bertz CT molecular complexity index is 622. The second-order valence-corrected chi connectivity index (χ2v) is 14.4. The molecular formula is C33H68NO5P. The third-order valence-corrected chi connectivity index (χ3v) is 10.0. The minimum absolute atomic E-state index is 0.00226. The summed E-state index contributed by atoms with van der Waals surface area (Å²) in [5, 5.41) is 0. The first-order valence-electron chi connectivity index (χ1n) is 16.7.